The second-order valence-electron chi connectivity index (χ2n) is 4.79. The van der Waals surface area contributed by atoms with E-state index in [9.17, 15) is 4.39 Å². The van der Waals surface area contributed by atoms with Gasteiger partial charge in [-0.25, -0.2) is 4.39 Å². The summed E-state index contributed by atoms with van der Waals surface area (Å²) < 4.78 is 24.1. The lowest BCUT2D eigenvalue weighted by Gasteiger charge is -2.14. The fourth-order valence-electron chi connectivity index (χ4n) is 2.21. The summed E-state index contributed by atoms with van der Waals surface area (Å²) in [6.45, 7) is 2.55. The number of nitrogens with two attached hydrogens (primary N) is 1. The topological polar surface area (TPSA) is 44.5 Å². The van der Waals surface area contributed by atoms with Crippen molar-refractivity contribution >= 4 is 0 Å². The highest BCUT2D eigenvalue weighted by atomic mass is 19.1. The minimum absolute atomic E-state index is 0.210. The highest BCUT2D eigenvalue weighted by Crippen LogP contribution is 2.23. The maximum atomic E-state index is 13.7. The Labute approximate surface area is 124 Å². The first-order chi connectivity index (χ1) is 10.1. The lowest BCUT2D eigenvalue weighted by atomic mass is 9.99. The second-order valence-corrected chi connectivity index (χ2v) is 4.79. The summed E-state index contributed by atoms with van der Waals surface area (Å²) in [4.78, 5) is 0. The van der Waals surface area contributed by atoms with Gasteiger partial charge >= 0.3 is 0 Å². The highest BCUT2D eigenvalue weighted by Gasteiger charge is 2.10. The molecule has 1 unspecified atom stereocenters. The fraction of sp³-hybridized carbons (Fsp3) is 0.294. The van der Waals surface area contributed by atoms with Crippen molar-refractivity contribution in [1.82, 2.24) is 0 Å². The molecule has 2 aromatic rings. The van der Waals surface area contributed by atoms with Crippen LogP contribution in [-0.4, -0.2) is 13.7 Å². The van der Waals surface area contributed by atoms with Crippen LogP contribution >= 0.6 is 0 Å². The third kappa shape index (κ3) is 3.95. The van der Waals surface area contributed by atoms with E-state index >= 15 is 0 Å². The maximum Gasteiger partial charge on any atom is 0.165 e. The number of rotatable bonds is 6. The maximum absolute atomic E-state index is 13.7. The Hall–Kier alpha value is -2.07. The molecule has 0 heterocycles. The minimum Gasteiger partial charge on any atom is -0.494 e. The van der Waals surface area contributed by atoms with E-state index in [1.54, 1.807) is 6.07 Å². The van der Waals surface area contributed by atoms with Gasteiger partial charge in [0, 0.05) is 6.04 Å². The van der Waals surface area contributed by atoms with E-state index in [1.807, 2.05) is 37.3 Å². The Morgan fingerprint density at radius 1 is 1.19 bits per heavy atom. The Bertz CT molecular complexity index is 601. The molecule has 2 aromatic carbocycles. The number of hydrogen-bond donors (Lipinski definition) is 1. The van der Waals surface area contributed by atoms with Gasteiger partial charge in [0.05, 0.1) is 13.7 Å². The summed E-state index contributed by atoms with van der Waals surface area (Å²) in [6, 6.07) is 12.4. The summed E-state index contributed by atoms with van der Waals surface area (Å²) in [7, 11) is 1.45. The Morgan fingerprint density at radius 3 is 2.67 bits per heavy atom. The van der Waals surface area contributed by atoms with E-state index in [4.69, 9.17) is 15.2 Å². The van der Waals surface area contributed by atoms with Crippen LogP contribution in [0.1, 0.15) is 24.1 Å². The van der Waals surface area contributed by atoms with Gasteiger partial charge in [0.1, 0.15) is 5.75 Å². The lowest BCUT2D eigenvalue weighted by Crippen LogP contribution is -2.13. The highest BCUT2D eigenvalue weighted by molar-refractivity contribution is 5.33. The number of halogens is 1. The SMILES string of the molecule is CCOc1cccc(C(N)Cc2ccc(OC)c(F)c2)c1. The first-order valence-corrected chi connectivity index (χ1v) is 6.94. The van der Waals surface area contributed by atoms with Crippen LogP contribution in [0.5, 0.6) is 11.5 Å². The molecule has 0 aliphatic rings. The molecule has 4 heteroatoms. The van der Waals surface area contributed by atoms with Crippen molar-refractivity contribution in [3.8, 4) is 11.5 Å². The molecule has 0 fully saturated rings. The standard InChI is InChI=1S/C17H20FNO2/c1-3-21-14-6-4-5-13(11-14)16(19)10-12-7-8-17(20-2)15(18)9-12/h4-9,11,16H,3,10,19H2,1-2H3. The van der Waals surface area contributed by atoms with Gasteiger partial charge in [0.2, 0.25) is 0 Å². The van der Waals surface area contributed by atoms with Gasteiger partial charge in [-0.3, -0.25) is 0 Å². The Morgan fingerprint density at radius 2 is 2.00 bits per heavy atom. The molecule has 2 N–H and O–H groups in total. The third-order valence-corrected chi connectivity index (χ3v) is 3.27. The average Bonchev–Trinajstić information content (AvgIpc) is 2.48. The quantitative estimate of drug-likeness (QED) is 0.885. The summed E-state index contributed by atoms with van der Waals surface area (Å²) in [5.41, 5.74) is 8.01. The zero-order valence-electron chi connectivity index (χ0n) is 12.3. The van der Waals surface area contributed by atoms with Gasteiger partial charge in [-0.1, -0.05) is 18.2 Å². The predicted octanol–water partition coefficient (Wildman–Crippen LogP) is 3.48. The number of methoxy groups -OCH3 is 1. The Balaban J connectivity index is 2.12. The van der Waals surface area contributed by atoms with E-state index in [0.717, 1.165) is 16.9 Å². The van der Waals surface area contributed by atoms with Crippen molar-refractivity contribution in [3.05, 3.63) is 59.4 Å². The van der Waals surface area contributed by atoms with Gasteiger partial charge < -0.3 is 15.2 Å². The lowest BCUT2D eigenvalue weighted by molar-refractivity contribution is 0.339. The zero-order valence-corrected chi connectivity index (χ0v) is 12.3. The van der Waals surface area contributed by atoms with E-state index < -0.39 is 0 Å². The first-order valence-electron chi connectivity index (χ1n) is 6.94. The van der Waals surface area contributed by atoms with E-state index in [1.165, 1.54) is 13.2 Å². The van der Waals surface area contributed by atoms with Crippen LogP contribution in [-0.2, 0) is 6.42 Å². The van der Waals surface area contributed by atoms with Crippen LogP contribution in [0.2, 0.25) is 0 Å². The largest absolute Gasteiger partial charge is 0.494 e. The molecule has 0 aliphatic carbocycles. The van der Waals surface area contributed by atoms with Crippen LogP contribution in [0, 0.1) is 5.82 Å². The molecule has 3 nitrogen and oxygen atoms in total. The molecule has 112 valence electrons. The second kappa shape index (κ2) is 7.09. The summed E-state index contributed by atoms with van der Waals surface area (Å²) >= 11 is 0. The van der Waals surface area contributed by atoms with Gasteiger partial charge in [0.25, 0.3) is 0 Å². The van der Waals surface area contributed by atoms with Gasteiger partial charge in [0.15, 0.2) is 11.6 Å². The smallest absolute Gasteiger partial charge is 0.165 e. The zero-order chi connectivity index (χ0) is 15.2. The molecule has 0 saturated heterocycles. The van der Waals surface area contributed by atoms with Crippen LogP contribution in [0.25, 0.3) is 0 Å². The van der Waals surface area contributed by atoms with E-state index in [-0.39, 0.29) is 17.6 Å². The molecule has 0 saturated carbocycles. The van der Waals surface area contributed by atoms with Crippen molar-refractivity contribution in [2.75, 3.05) is 13.7 Å². The molecule has 0 bridgehead atoms. The van der Waals surface area contributed by atoms with E-state index in [0.29, 0.717) is 13.0 Å². The van der Waals surface area contributed by atoms with Gasteiger partial charge in [-0.15, -0.1) is 0 Å². The van der Waals surface area contributed by atoms with Crippen LogP contribution in [0.3, 0.4) is 0 Å². The van der Waals surface area contributed by atoms with Crippen LogP contribution in [0.4, 0.5) is 4.39 Å². The van der Waals surface area contributed by atoms with Crippen LogP contribution < -0.4 is 15.2 Å². The summed E-state index contributed by atoms with van der Waals surface area (Å²) in [5.74, 6) is 0.669. The van der Waals surface area contributed by atoms with Crippen molar-refractivity contribution in [2.24, 2.45) is 5.73 Å². The first kappa shape index (κ1) is 15.3. The van der Waals surface area contributed by atoms with Crippen molar-refractivity contribution in [3.63, 3.8) is 0 Å². The number of ether oxygens (including phenoxy) is 2. The summed E-state index contributed by atoms with van der Waals surface area (Å²) in [6.07, 6.45) is 0.552. The molecule has 21 heavy (non-hydrogen) atoms. The molecule has 0 aromatic heterocycles. The van der Waals surface area contributed by atoms with Gasteiger partial charge in [-0.05, 0) is 48.7 Å². The molecular formula is C17H20FNO2. The molecular weight excluding hydrogens is 269 g/mol. The van der Waals surface area contributed by atoms with Gasteiger partial charge in [-0.2, -0.15) is 0 Å². The third-order valence-electron chi connectivity index (χ3n) is 3.27. The van der Waals surface area contributed by atoms with Crippen molar-refractivity contribution in [2.45, 2.75) is 19.4 Å². The minimum atomic E-state index is -0.370. The molecule has 2 rings (SSSR count). The molecule has 0 spiro atoms. The predicted molar refractivity (Wildman–Crippen MR) is 81.2 cm³/mol. The normalized spacial score (nSPS) is 12.0. The number of benzene rings is 2. The summed E-state index contributed by atoms with van der Waals surface area (Å²) in [5, 5.41) is 0. The van der Waals surface area contributed by atoms with Crippen molar-refractivity contribution in [1.29, 1.82) is 0 Å². The molecule has 0 aliphatic heterocycles. The molecule has 1 atom stereocenters. The molecule has 0 amide bonds. The van der Waals surface area contributed by atoms with E-state index in [2.05, 4.69) is 0 Å². The van der Waals surface area contributed by atoms with Crippen LogP contribution in [0.15, 0.2) is 42.5 Å². The number of hydrogen-bond acceptors (Lipinski definition) is 3. The average molecular weight is 289 g/mol. The fourth-order valence-corrected chi connectivity index (χ4v) is 2.21. The van der Waals surface area contributed by atoms with Crippen molar-refractivity contribution < 1.29 is 13.9 Å². The Kier molecular flexibility index (Phi) is 5.17. The monoisotopic (exact) mass is 289 g/mol. The molecule has 0 radical (unpaired) electrons.